The van der Waals surface area contributed by atoms with Crippen molar-refractivity contribution >= 4 is 0 Å². The van der Waals surface area contributed by atoms with Gasteiger partial charge in [0.05, 0.1) is 0 Å². The molecule has 3 heterocycles. The van der Waals surface area contributed by atoms with Gasteiger partial charge in [0.15, 0.2) is 0 Å². The molecule has 0 radical (unpaired) electrons. The molecule has 0 spiro atoms. The fraction of sp³-hybridized carbons (Fsp3) is 1.00. The normalized spacial score (nSPS) is 31.1. The number of likely N-dealkylation sites (tertiary alicyclic amines) is 3. The number of hydrogen-bond donors (Lipinski definition) is 0. The van der Waals surface area contributed by atoms with Crippen molar-refractivity contribution in [3.8, 4) is 0 Å². The zero-order valence-electron chi connectivity index (χ0n) is 23.4. The minimum atomic E-state index is 0.558. The Bertz CT molecular complexity index is 575. The van der Waals surface area contributed by atoms with E-state index in [1.54, 1.807) is 0 Å². The molecule has 32 heavy (non-hydrogen) atoms. The molecular weight excluding hydrogens is 390 g/mol. The van der Waals surface area contributed by atoms with Crippen molar-refractivity contribution in [1.82, 2.24) is 14.7 Å². The van der Waals surface area contributed by atoms with E-state index in [0.717, 1.165) is 53.8 Å². The Labute approximate surface area is 201 Å². The molecule has 3 fully saturated rings. The van der Waals surface area contributed by atoms with Gasteiger partial charge in [-0.3, -0.25) is 9.80 Å². The Hall–Kier alpha value is -0.120. The Morgan fingerprint density at radius 3 is 1.81 bits per heavy atom. The smallest absolute Gasteiger partial charge is 0.0113 e. The molecule has 3 rings (SSSR count). The molecule has 188 valence electrons. The van der Waals surface area contributed by atoms with E-state index in [2.05, 4.69) is 83.9 Å². The molecule has 3 aliphatic rings. The van der Waals surface area contributed by atoms with Crippen LogP contribution < -0.4 is 0 Å². The Morgan fingerprint density at radius 2 is 1.28 bits per heavy atom. The average molecular weight is 448 g/mol. The van der Waals surface area contributed by atoms with Gasteiger partial charge in [-0.05, 0) is 95.3 Å². The molecular formula is C29H57N3. The SMILES string of the molecule is CC(CCC(C)N1CC(C(C)CCC(C)N2CC(C)(C(C)C)C2)C1C)C1CN(C(C)C)C1. The molecule has 0 saturated carbocycles. The highest BCUT2D eigenvalue weighted by Crippen LogP contribution is 2.40. The van der Waals surface area contributed by atoms with Gasteiger partial charge in [-0.15, -0.1) is 0 Å². The van der Waals surface area contributed by atoms with Crippen LogP contribution in [0.3, 0.4) is 0 Å². The van der Waals surface area contributed by atoms with Crippen LogP contribution in [0.1, 0.15) is 94.9 Å². The van der Waals surface area contributed by atoms with Crippen LogP contribution in [0.2, 0.25) is 0 Å². The van der Waals surface area contributed by atoms with Crippen LogP contribution in [0.15, 0.2) is 0 Å². The minimum Gasteiger partial charge on any atom is -0.300 e. The van der Waals surface area contributed by atoms with Gasteiger partial charge in [0.1, 0.15) is 0 Å². The van der Waals surface area contributed by atoms with Gasteiger partial charge in [-0.1, -0.05) is 34.6 Å². The molecule has 6 atom stereocenters. The first-order valence-electron chi connectivity index (χ1n) is 14.2. The van der Waals surface area contributed by atoms with Crippen molar-refractivity contribution < 1.29 is 0 Å². The van der Waals surface area contributed by atoms with Crippen LogP contribution in [0.5, 0.6) is 0 Å². The Morgan fingerprint density at radius 1 is 0.719 bits per heavy atom. The van der Waals surface area contributed by atoms with Gasteiger partial charge in [-0.25, -0.2) is 0 Å². The van der Waals surface area contributed by atoms with Crippen LogP contribution in [-0.2, 0) is 0 Å². The summed E-state index contributed by atoms with van der Waals surface area (Å²) in [6.07, 6.45) is 5.56. The molecule has 0 aromatic carbocycles. The standard InChI is InChI=1S/C29H57N3/c1-20(2)29(10)18-31(19-29)24(7)13-12-23(6)28-17-32(26(28)9)25(8)14-11-22(5)27-15-30(16-27)21(3)4/h20-28H,11-19H2,1-10H3. The number of hydrogen-bond acceptors (Lipinski definition) is 3. The lowest BCUT2D eigenvalue weighted by Gasteiger charge is -2.54. The summed E-state index contributed by atoms with van der Waals surface area (Å²) in [5, 5.41) is 0. The van der Waals surface area contributed by atoms with Gasteiger partial charge in [0, 0.05) is 56.9 Å². The molecule has 6 unspecified atom stereocenters. The van der Waals surface area contributed by atoms with Crippen LogP contribution in [-0.4, -0.2) is 71.6 Å². The van der Waals surface area contributed by atoms with Crippen molar-refractivity contribution in [3.05, 3.63) is 0 Å². The number of nitrogens with zero attached hydrogens (tertiary/aromatic N) is 3. The van der Waals surface area contributed by atoms with Crippen molar-refractivity contribution in [3.63, 3.8) is 0 Å². The maximum atomic E-state index is 2.81. The predicted molar refractivity (Wildman–Crippen MR) is 140 cm³/mol. The first-order chi connectivity index (χ1) is 14.9. The average Bonchev–Trinajstić information content (AvgIpc) is 2.65. The van der Waals surface area contributed by atoms with Crippen LogP contribution in [0.4, 0.5) is 0 Å². The topological polar surface area (TPSA) is 9.72 Å². The monoisotopic (exact) mass is 447 g/mol. The highest BCUT2D eigenvalue weighted by molar-refractivity contribution is 4.97. The van der Waals surface area contributed by atoms with Gasteiger partial charge in [-0.2, -0.15) is 0 Å². The van der Waals surface area contributed by atoms with E-state index >= 15 is 0 Å². The molecule has 3 nitrogen and oxygen atoms in total. The van der Waals surface area contributed by atoms with E-state index in [-0.39, 0.29) is 0 Å². The van der Waals surface area contributed by atoms with Crippen molar-refractivity contribution in [2.45, 2.75) is 119 Å². The second-order valence-electron chi connectivity index (χ2n) is 13.4. The van der Waals surface area contributed by atoms with E-state index in [1.165, 1.54) is 58.4 Å². The van der Waals surface area contributed by atoms with Crippen molar-refractivity contribution in [2.75, 3.05) is 32.7 Å². The zero-order chi connectivity index (χ0) is 23.8. The van der Waals surface area contributed by atoms with Gasteiger partial charge < -0.3 is 4.90 Å². The highest BCUT2D eigenvalue weighted by Gasteiger charge is 2.44. The Kier molecular flexibility index (Phi) is 8.81. The van der Waals surface area contributed by atoms with Crippen LogP contribution in [0.25, 0.3) is 0 Å². The first kappa shape index (κ1) is 26.5. The molecule has 0 N–H and O–H groups in total. The maximum absolute atomic E-state index is 2.81. The van der Waals surface area contributed by atoms with Crippen molar-refractivity contribution in [2.24, 2.45) is 35.0 Å². The molecule has 0 bridgehead atoms. The molecule has 0 aliphatic carbocycles. The molecule has 0 amide bonds. The third kappa shape index (κ3) is 5.74. The maximum Gasteiger partial charge on any atom is 0.0113 e. The summed E-state index contributed by atoms with van der Waals surface area (Å²) in [5.41, 5.74) is 0.558. The quantitative estimate of drug-likeness (QED) is 0.351. The third-order valence-electron chi connectivity index (χ3n) is 10.6. The highest BCUT2D eigenvalue weighted by atomic mass is 15.3. The summed E-state index contributed by atoms with van der Waals surface area (Å²) in [6, 6.07) is 3.02. The lowest BCUT2D eigenvalue weighted by atomic mass is 9.71. The second kappa shape index (κ2) is 10.6. The van der Waals surface area contributed by atoms with E-state index in [4.69, 9.17) is 0 Å². The molecule has 0 aromatic heterocycles. The van der Waals surface area contributed by atoms with Crippen molar-refractivity contribution in [1.29, 1.82) is 0 Å². The third-order valence-corrected chi connectivity index (χ3v) is 10.6. The Balaban J connectivity index is 1.31. The van der Waals surface area contributed by atoms with Crippen LogP contribution >= 0.6 is 0 Å². The zero-order valence-corrected chi connectivity index (χ0v) is 23.4. The van der Waals surface area contributed by atoms with E-state index in [1.807, 2.05) is 0 Å². The van der Waals surface area contributed by atoms with Gasteiger partial charge >= 0.3 is 0 Å². The lowest BCUT2D eigenvalue weighted by molar-refractivity contribution is -0.0562. The lowest BCUT2D eigenvalue weighted by Crippen LogP contribution is -2.61. The second-order valence-corrected chi connectivity index (χ2v) is 13.4. The summed E-state index contributed by atoms with van der Waals surface area (Å²) >= 11 is 0. The molecule has 3 heteroatoms. The van der Waals surface area contributed by atoms with Gasteiger partial charge in [0.25, 0.3) is 0 Å². The molecule has 0 aromatic rings. The summed E-state index contributed by atoms with van der Waals surface area (Å²) < 4.78 is 0. The first-order valence-corrected chi connectivity index (χ1v) is 14.2. The summed E-state index contributed by atoms with van der Waals surface area (Å²) in [4.78, 5) is 8.16. The van der Waals surface area contributed by atoms with E-state index in [9.17, 15) is 0 Å². The predicted octanol–water partition coefficient (Wildman–Crippen LogP) is 6.23. The summed E-state index contributed by atoms with van der Waals surface area (Å²) in [7, 11) is 0. The number of rotatable bonds is 12. The van der Waals surface area contributed by atoms with E-state index in [0.29, 0.717) is 5.41 Å². The largest absolute Gasteiger partial charge is 0.300 e. The fourth-order valence-electron chi connectivity index (χ4n) is 6.60. The van der Waals surface area contributed by atoms with E-state index < -0.39 is 0 Å². The molecule has 3 saturated heterocycles. The minimum absolute atomic E-state index is 0.558. The van der Waals surface area contributed by atoms with Gasteiger partial charge in [0.2, 0.25) is 0 Å². The summed E-state index contributed by atoms with van der Waals surface area (Å²) in [6.45, 7) is 31.0. The molecule has 3 aliphatic heterocycles. The summed E-state index contributed by atoms with van der Waals surface area (Å²) in [5.74, 6) is 4.41. The van der Waals surface area contributed by atoms with Crippen LogP contribution in [0, 0.1) is 35.0 Å². The fourth-order valence-corrected chi connectivity index (χ4v) is 6.60.